The Hall–Kier alpha value is -0.800. The van der Waals surface area contributed by atoms with Gasteiger partial charge in [-0.3, -0.25) is 4.90 Å². The summed E-state index contributed by atoms with van der Waals surface area (Å²) in [5.41, 5.74) is 0.316. The van der Waals surface area contributed by atoms with Crippen LogP contribution in [-0.4, -0.2) is 31.6 Å². The van der Waals surface area contributed by atoms with Gasteiger partial charge in [0.2, 0.25) is 0 Å². The molecular formula is C16H30N2O. The lowest BCUT2D eigenvalue weighted by Crippen LogP contribution is -2.41. The molecule has 0 saturated carbocycles. The molecule has 3 heteroatoms. The maximum Gasteiger partial charge on any atom is 0.117 e. The maximum atomic E-state index is 5.41. The van der Waals surface area contributed by atoms with Crippen LogP contribution in [0.3, 0.4) is 0 Å². The van der Waals surface area contributed by atoms with E-state index in [2.05, 4.69) is 45.0 Å². The predicted octanol–water partition coefficient (Wildman–Crippen LogP) is 3.37. The van der Waals surface area contributed by atoms with E-state index < -0.39 is 0 Å². The highest BCUT2D eigenvalue weighted by Crippen LogP contribution is 2.22. The number of nitrogens with zero attached hydrogens (tertiary/aromatic N) is 1. The Morgan fingerprint density at radius 2 is 2.16 bits per heavy atom. The third-order valence-corrected chi connectivity index (χ3v) is 3.62. The van der Waals surface area contributed by atoms with E-state index in [0.717, 1.165) is 31.9 Å². The zero-order valence-corrected chi connectivity index (χ0v) is 13.2. The first-order chi connectivity index (χ1) is 8.95. The van der Waals surface area contributed by atoms with Gasteiger partial charge < -0.3 is 9.73 Å². The molecule has 1 heterocycles. The van der Waals surface area contributed by atoms with Gasteiger partial charge in [0.05, 0.1) is 12.8 Å². The van der Waals surface area contributed by atoms with Crippen molar-refractivity contribution >= 4 is 0 Å². The summed E-state index contributed by atoms with van der Waals surface area (Å²) in [7, 11) is 2.17. The zero-order valence-electron chi connectivity index (χ0n) is 13.2. The van der Waals surface area contributed by atoms with Crippen molar-refractivity contribution in [3.05, 3.63) is 24.2 Å². The highest BCUT2D eigenvalue weighted by molar-refractivity contribution is 4.98. The molecule has 0 aromatic carbocycles. The quantitative estimate of drug-likeness (QED) is 0.743. The van der Waals surface area contributed by atoms with Crippen molar-refractivity contribution in [3.63, 3.8) is 0 Å². The average molecular weight is 266 g/mol. The molecule has 0 aliphatic heterocycles. The van der Waals surface area contributed by atoms with Crippen LogP contribution in [0.15, 0.2) is 22.8 Å². The van der Waals surface area contributed by atoms with Gasteiger partial charge >= 0.3 is 0 Å². The minimum absolute atomic E-state index is 0.316. The molecule has 110 valence electrons. The van der Waals surface area contributed by atoms with E-state index >= 15 is 0 Å². The molecule has 1 rings (SSSR count). The molecule has 0 spiro atoms. The Morgan fingerprint density at radius 1 is 1.42 bits per heavy atom. The standard InChI is InChI=1S/C16H30N2O/c1-6-16(4,12-17-10-14(2)3)13-18(5)11-15-8-7-9-19-15/h7-9,14,17H,6,10-13H2,1-5H3. The van der Waals surface area contributed by atoms with Crippen molar-refractivity contribution in [1.29, 1.82) is 0 Å². The molecule has 3 nitrogen and oxygen atoms in total. The number of nitrogens with one attached hydrogen (secondary N) is 1. The molecule has 0 amide bonds. The van der Waals surface area contributed by atoms with Crippen molar-refractivity contribution in [3.8, 4) is 0 Å². The van der Waals surface area contributed by atoms with Gasteiger partial charge in [-0.15, -0.1) is 0 Å². The topological polar surface area (TPSA) is 28.4 Å². The summed E-state index contributed by atoms with van der Waals surface area (Å²) >= 11 is 0. The average Bonchev–Trinajstić information content (AvgIpc) is 2.81. The second-order valence-corrected chi connectivity index (χ2v) is 6.44. The largest absolute Gasteiger partial charge is 0.468 e. The van der Waals surface area contributed by atoms with Gasteiger partial charge in [-0.25, -0.2) is 0 Å². The summed E-state index contributed by atoms with van der Waals surface area (Å²) in [4.78, 5) is 2.35. The lowest BCUT2D eigenvalue weighted by molar-refractivity contribution is 0.166. The molecule has 1 aromatic rings. The fourth-order valence-electron chi connectivity index (χ4n) is 2.33. The molecule has 0 aliphatic rings. The Kier molecular flexibility index (Phi) is 6.59. The Morgan fingerprint density at radius 3 is 2.68 bits per heavy atom. The van der Waals surface area contributed by atoms with E-state index in [9.17, 15) is 0 Å². The molecule has 1 atom stereocenters. The fourth-order valence-corrected chi connectivity index (χ4v) is 2.33. The SMILES string of the molecule is CCC(C)(CNCC(C)C)CN(C)Cc1ccco1. The zero-order chi connectivity index (χ0) is 14.3. The Labute approximate surface area is 118 Å². The van der Waals surface area contributed by atoms with Gasteiger partial charge in [0.25, 0.3) is 0 Å². The molecule has 0 aliphatic carbocycles. The van der Waals surface area contributed by atoms with Crippen molar-refractivity contribution in [1.82, 2.24) is 10.2 Å². The number of furan rings is 1. The van der Waals surface area contributed by atoms with Crippen molar-refractivity contribution < 1.29 is 4.42 Å². The summed E-state index contributed by atoms with van der Waals surface area (Å²) in [6.45, 7) is 13.3. The van der Waals surface area contributed by atoms with Crippen LogP contribution < -0.4 is 5.32 Å². The van der Waals surface area contributed by atoms with Crippen LogP contribution in [0.2, 0.25) is 0 Å². The van der Waals surface area contributed by atoms with Crippen molar-refractivity contribution in [2.75, 3.05) is 26.7 Å². The lowest BCUT2D eigenvalue weighted by Gasteiger charge is -2.33. The molecular weight excluding hydrogens is 236 g/mol. The van der Waals surface area contributed by atoms with Crippen molar-refractivity contribution in [2.24, 2.45) is 11.3 Å². The number of hydrogen-bond acceptors (Lipinski definition) is 3. The highest BCUT2D eigenvalue weighted by atomic mass is 16.3. The summed E-state index contributed by atoms with van der Waals surface area (Å²) in [5, 5.41) is 3.59. The number of rotatable bonds is 9. The van der Waals surface area contributed by atoms with Crippen LogP contribution in [0.5, 0.6) is 0 Å². The van der Waals surface area contributed by atoms with Crippen LogP contribution >= 0.6 is 0 Å². The van der Waals surface area contributed by atoms with E-state index in [0.29, 0.717) is 11.3 Å². The molecule has 19 heavy (non-hydrogen) atoms. The van der Waals surface area contributed by atoms with Gasteiger partial charge in [0, 0.05) is 13.1 Å². The molecule has 1 N–H and O–H groups in total. The summed E-state index contributed by atoms with van der Waals surface area (Å²) in [6, 6.07) is 3.99. The van der Waals surface area contributed by atoms with E-state index in [4.69, 9.17) is 4.42 Å². The summed E-state index contributed by atoms with van der Waals surface area (Å²) in [5.74, 6) is 1.75. The first-order valence-corrected chi connectivity index (χ1v) is 7.37. The number of hydrogen-bond donors (Lipinski definition) is 1. The van der Waals surface area contributed by atoms with E-state index in [-0.39, 0.29) is 0 Å². The van der Waals surface area contributed by atoms with Gasteiger partial charge in [0.1, 0.15) is 5.76 Å². The van der Waals surface area contributed by atoms with Gasteiger partial charge in [-0.05, 0) is 43.5 Å². The van der Waals surface area contributed by atoms with Crippen LogP contribution in [0.4, 0.5) is 0 Å². The molecule has 1 unspecified atom stereocenters. The minimum Gasteiger partial charge on any atom is -0.468 e. The fraction of sp³-hybridized carbons (Fsp3) is 0.750. The van der Waals surface area contributed by atoms with E-state index in [1.807, 2.05) is 12.1 Å². The maximum absolute atomic E-state index is 5.41. The third-order valence-electron chi connectivity index (χ3n) is 3.62. The van der Waals surface area contributed by atoms with Gasteiger partial charge in [0.15, 0.2) is 0 Å². The second kappa shape index (κ2) is 7.71. The van der Waals surface area contributed by atoms with Crippen LogP contribution in [0.1, 0.15) is 39.9 Å². The van der Waals surface area contributed by atoms with E-state index in [1.165, 1.54) is 6.42 Å². The smallest absolute Gasteiger partial charge is 0.117 e. The van der Waals surface area contributed by atoms with E-state index in [1.54, 1.807) is 6.26 Å². The molecule has 0 radical (unpaired) electrons. The summed E-state index contributed by atoms with van der Waals surface area (Å²) < 4.78 is 5.41. The third kappa shape index (κ3) is 6.26. The first kappa shape index (κ1) is 16.3. The lowest BCUT2D eigenvalue weighted by atomic mass is 9.86. The van der Waals surface area contributed by atoms with Gasteiger partial charge in [-0.2, -0.15) is 0 Å². The monoisotopic (exact) mass is 266 g/mol. The summed E-state index contributed by atoms with van der Waals surface area (Å²) in [6.07, 6.45) is 2.92. The van der Waals surface area contributed by atoms with Crippen LogP contribution in [0, 0.1) is 11.3 Å². The van der Waals surface area contributed by atoms with Crippen LogP contribution in [0.25, 0.3) is 0 Å². The van der Waals surface area contributed by atoms with Crippen LogP contribution in [-0.2, 0) is 6.54 Å². The van der Waals surface area contributed by atoms with Crippen molar-refractivity contribution in [2.45, 2.75) is 40.7 Å². The Balaban J connectivity index is 2.40. The van der Waals surface area contributed by atoms with Gasteiger partial charge in [-0.1, -0.05) is 27.7 Å². The second-order valence-electron chi connectivity index (χ2n) is 6.44. The molecule has 0 saturated heterocycles. The Bertz CT molecular complexity index is 335. The predicted molar refractivity (Wildman–Crippen MR) is 81.1 cm³/mol. The highest BCUT2D eigenvalue weighted by Gasteiger charge is 2.24. The molecule has 1 aromatic heterocycles. The normalized spacial score (nSPS) is 15.1. The molecule has 0 bridgehead atoms. The minimum atomic E-state index is 0.316. The molecule has 0 fully saturated rings. The first-order valence-electron chi connectivity index (χ1n) is 7.37.